The first-order chi connectivity index (χ1) is 11.8. The predicted octanol–water partition coefficient (Wildman–Crippen LogP) is 3.01. The molecule has 0 amide bonds. The zero-order chi connectivity index (χ0) is 16.8. The van der Waals surface area contributed by atoms with E-state index in [-0.39, 0.29) is 6.61 Å². The molecule has 0 spiro atoms. The number of benzene rings is 2. The lowest BCUT2D eigenvalue weighted by Gasteiger charge is -2.16. The number of para-hydroxylation sites is 1. The lowest BCUT2D eigenvalue weighted by Crippen LogP contribution is -2.14. The Balaban J connectivity index is 1.54. The summed E-state index contributed by atoms with van der Waals surface area (Å²) in [6.45, 7) is 1.27. The van der Waals surface area contributed by atoms with Gasteiger partial charge in [-0.2, -0.15) is 0 Å². The second kappa shape index (κ2) is 8.42. The summed E-state index contributed by atoms with van der Waals surface area (Å²) in [7, 11) is 1.60. The van der Waals surface area contributed by atoms with Crippen molar-refractivity contribution in [2.75, 3.05) is 26.1 Å². The molecule has 128 valence electrons. The number of hydrogen-bond donors (Lipinski definition) is 2. The summed E-state index contributed by atoms with van der Waals surface area (Å²) >= 11 is 1.97. The van der Waals surface area contributed by atoms with E-state index in [0.29, 0.717) is 11.0 Å². The van der Waals surface area contributed by atoms with Crippen LogP contribution in [0.4, 0.5) is 0 Å². The fraction of sp³-hybridized carbons (Fsp3) is 0.368. The topological polar surface area (TPSA) is 50.7 Å². The molecule has 24 heavy (non-hydrogen) atoms. The maximum absolute atomic E-state index is 10.3. The van der Waals surface area contributed by atoms with E-state index in [0.717, 1.165) is 30.2 Å². The number of rotatable bonds is 7. The SMILES string of the molecule is COc1ccccc1C(O)COc1ccc(CC2CNCS2)cc1. The molecule has 1 aliphatic heterocycles. The monoisotopic (exact) mass is 345 g/mol. The minimum atomic E-state index is -0.721. The number of nitrogens with one attached hydrogen (secondary N) is 1. The highest BCUT2D eigenvalue weighted by atomic mass is 32.2. The lowest BCUT2D eigenvalue weighted by atomic mass is 10.1. The van der Waals surface area contributed by atoms with Crippen LogP contribution in [0.5, 0.6) is 11.5 Å². The van der Waals surface area contributed by atoms with Crippen molar-refractivity contribution < 1.29 is 14.6 Å². The highest BCUT2D eigenvalue weighted by Gasteiger charge is 2.16. The Morgan fingerprint density at radius 1 is 1.21 bits per heavy atom. The molecule has 5 heteroatoms. The molecule has 4 nitrogen and oxygen atoms in total. The Morgan fingerprint density at radius 2 is 2.00 bits per heavy atom. The number of ether oxygens (including phenoxy) is 2. The first-order valence-corrected chi connectivity index (χ1v) is 9.16. The van der Waals surface area contributed by atoms with Gasteiger partial charge in [-0.3, -0.25) is 0 Å². The van der Waals surface area contributed by atoms with Crippen LogP contribution in [0, 0.1) is 0 Å². The summed E-state index contributed by atoms with van der Waals surface area (Å²) in [5.74, 6) is 2.49. The van der Waals surface area contributed by atoms with Crippen LogP contribution in [0.15, 0.2) is 48.5 Å². The van der Waals surface area contributed by atoms with E-state index in [9.17, 15) is 5.11 Å². The van der Waals surface area contributed by atoms with Crippen molar-refractivity contribution in [2.45, 2.75) is 17.8 Å². The predicted molar refractivity (Wildman–Crippen MR) is 97.8 cm³/mol. The molecule has 1 fully saturated rings. The number of aliphatic hydroxyl groups is 1. The van der Waals surface area contributed by atoms with Gasteiger partial charge < -0.3 is 19.9 Å². The fourth-order valence-electron chi connectivity index (χ4n) is 2.78. The molecule has 2 atom stereocenters. The van der Waals surface area contributed by atoms with Gasteiger partial charge in [0.15, 0.2) is 0 Å². The molecule has 2 N–H and O–H groups in total. The number of methoxy groups -OCH3 is 1. The van der Waals surface area contributed by atoms with E-state index in [1.165, 1.54) is 5.56 Å². The molecule has 2 aromatic rings. The third-order valence-corrected chi connectivity index (χ3v) is 5.26. The van der Waals surface area contributed by atoms with Gasteiger partial charge in [-0.25, -0.2) is 0 Å². The Hall–Kier alpha value is -1.69. The van der Waals surface area contributed by atoms with E-state index in [2.05, 4.69) is 17.4 Å². The van der Waals surface area contributed by atoms with Gasteiger partial charge in [0, 0.05) is 23.2 Å². The number of thioether (sulfide) groups is 1. The Morgan fingerprint density at radius 3 is 2.71 bits per heavy atom. The standard InChI is InChI=1S/C19H23NO3S/c1-22-19-5-3-2-4-17(19)18(21)12-23-15-8-6-14(7-9-15)10-16-11-20-13-24-16/h2-9,16,18,20-21H,10-13H2,1H3. The van der Waals surface area contributed by atoms with Crippen molar-refractivity contribution in [3.63, 3.8) is 0 Å². The molecule has 3 rings (SSSR count). The molecule has 2 aromatic carbocycles. The molecular formula is C19H23NO3S. The Bertz CT molecular complexity index is 641. The molecular weight excluding hydrogens is 322 g/mol. The normalized spacial score (nSPS) is 18.3. The van der Waals surface area contributed by atoms with E-state index in [1.54, 1.807) is 7.11 Å². The molecule has 0 aromatic heterocycles. The highest BCUT2D eigenvalue weighted by molar-refractivity contribution is 8.00. The van der Waals surface area contributed by atoms with Gasteiger partial charge >= 0.3 is 0 Å². The first-order valence-electron chi connectivity index (χ1n) is 8.11. The molecule has 0 aliphatic carbocycles. The molecule has 1 heterocycles. The van der Waals surface area contributed by atoms with Gasteiger partial charge in [-0.05, 0) is 30.2 Å². The molecule has 0 saturated carbocycles. The van der Waals surface area contributed by atoms with E-state index >= 15 is 0 Å². The number of aliphatic hydroxyl groups excluding tert-OH is 1. The van der Waals surface area contributed by atoms with Crippen molar-refractivity contribution in [2.24, 2.45) is 0 Å². The van der Waals surface area contributed by atoms with Gasteiger partial charge in [0.25, 0.3) is 0 Å². The molecule has 1 aliphatic rings. The molecule has 0 bridgehead atoms. The highest BCUT2D eigenvalue weighted by Crippen LogP contribution is 2.26. The average Bonchev–Trinajstić information content (AvgIpc) is 3.14. The zero-order valence-electron chi connectivity index (χ0n) is 13.8. The van der Waals surface area contributed by atoms with E-state index in [4.69, 9.17) is 9.47 Å². The fourth-order valence-corrected chi connectivity index (χ4v) is 3.80. The summed E-state index contributed by atoms with van der Waals surface area (Å²) in [6.07, 6.45) is 0.351. The quantitative estimate of drug-likeness (QED) is 0.808. The van der Waals surface area contributed by atoms with Gasteiger partial charge in [0.05, 0.1) is 7.11 Å². The molecule has 2 unspecified atom stereocenters. The Kier molecular flexibility index (Phi) is 6.01. The average molecular weight is 345 g/mol. The summed E-state index contributed by atoms with van der Waals surface area (Å²) in [4.78, 5) is 0. The largest absolute Gasteiger partial charge is 0.496 e. The van der Waals surface area contributed by atoms with Crippen molar-refractivity contribution in [1.29, 1.82) is 0 Å². The van der Waals surface area contributed by atoms with Crippen LogP contribution in [-0.2, 0) is 6.42 Å². The summed E-state index contributed by atoms with van der Waals surface area (Å²) in [5, 5.41) is 14.3. The first kappa shape index (κ1) is 17.1. The van der Waals surface area contributed by atoms with Crippen molar-refractivity contribution >= 4 is 11.8 Å². The minimum absolute atomic E-state index is 0.197. The maximum atomic E-state index is 10.3. The zero-order valence-corrected chi connectivity index (χ0v) is 14.6. The summed E-state index contributed by atoms with van der Waals surface area (Å²) in [5.41, 5.74) is 2.05. The van der Waals surface area contributed by atoms with Crippen LogP contribution in [-0.4, -0.2) is 36.5 Å². The van der Waals surface area contributed by atoms with E-state index in [1.807, 2.05) is 48.2 Å². The van der Waals surface area contributed by atoms with Crippen molar-refractivity contribution in [3.8, 4) is 11.5 Å². The Labute approximate surface area is 147 Å². The second-order valence-electron chi connectivity index (χ2n) is 5.80. The smallest absolute Gasteiger partial charge is 0.124 e. The van der Waals surface area contributed by atoms with Crippen LogP contribution < -0.4 is 14.8 Å². The van der Waals surface area contributed by atoms with Gasteiger partial charge in [0.2, 0.25) is 0 Å². The van der Waals surface area contributed by atoms with Crippen molar-refractivity contribution in [3.05, 3.63) is 59.7 Å². The van der Waals surface area contributed by atoms with Crippen LogP contribution in [0.3, 0.4) is 0 Å². The minimum Gasteiger partial charge on any atom is -0.496 e. The maximum Gasteiger partial charge on any atom is 0.124 e. The summed E-state index contributed by atoms with van der Waals surface area (Å²) < 4.78 is 11.0. The van der Waals surface area contributed by atoms with Gasteiger partial charge in [0.1, 0.15) is 24.2 Å². The third kappa shape index (κ3) is 4.44. The molecule has 1 saturated heterocycles. The van der Waals surface area contributed by atoms with Crippen LogP contribution >= 0.6 is 11.8 Å². The third-order valence-electron chi connectivity index (χ3n) is 4.09. The number of hydrogen-bond acceptors (Lipinski definition) is 5. The molecule has 0 radical (unpaired) electrons. The van der Waals surface area contributed by atoms with E-state index < -0.39 is 6.10 Å². The van der Waals surface area contributed by atoms with Gasteiger partial charge in [-0.1, -0.05) is 30.3 Å². The lowest BCUT2D eigenvalue weighted by molar-refractivity contribution is 0.105. The second-order valence-corrected chi connectivity index (χ2v) is 7.09. The van der Waals surface area contributed by atoms with Crippen LogP contribution in [0.2, 0.25) is 0 Å². The van der Waals surface area contributed by atoms with Crippen molar-refractivity contribution in [1.82, 2.24) is 5.32 Å². The summed E-state index contributed by atoms with van der Waals surface area (Å²) in [6, 6.07) is 15.6. The van der Waals surface area contributed by atoms with Crippen LogP contribution in [0.1, 0.15) is 17.2 Å². The van der Waals surface area contributed by atoms with Crippen LogP contribution in [0.25, 0.3) is 0 Å². The van der Waals surface area contributed by atoms with Gasteiger partial charge in [-0.15, -0.1) is 11.8 Å².